The van der Waals surface area contributed by atoms with Gasteiger partial charge in [0.15, 0.2) is 0 Å². The summed E-state index contributed by atoms with van der Waals surface area (Å²) in [7, 11) is 0. The highest BCUT2D eigenvalue weighted by atomic mass is 32.2. The van der Waals surface area contributed by atoms with Crippen LogP contribution in [0.25, 0.3) is 0 Å². The maximum Gasteiger partial charge on any atom is 0.129 e. The van der Waals surface area contributed by atoms with E-state index in [-0.39, 0.29) is 0 Å². The molecule has 1 aliphatic carbocycles. The molecule has 1 fully saturated rings. The molecule has 0 atom stereocenters. The molecule has 4 heteroatoms. The molecule has 70 valence electrons. The molecule has 0 amide bonds. The lowest BCUT2D eigenvalue weighted by Gasteiger charge is -2.20. The molecule has 1 saturated carbocycles. The minimum absolute atomic E-state index is 0.561. The Balaban J connectivity index is 2.13. The number of nitrogens with two attached hydrogens (primary N) is 2. The topological polar surface area (TPSA) is 64.4 Å². The SMILES string of the molecule is NN=C(N)CSC1CCCCC1. The molecular formula is C8H17N3S. The van der Waals surface area contributed by atoms with E-state index in [2.05, 4.69) is 5.10 Å². The van der Waals surface area contributed by atoms with Gasteiger partial charge in [0.05, 0.1) is 5.75 Å². The second kappa shape index (κ2) is 5.30. The summed E-state index contributed by atoms with van der Waals surface area (Å²) < 4.78 is 0. The Morgan fingerprint density at radius 2 is 2.00 bits per heavy atom. The smallest absolute Gasteiger partial charge is 0.129 e. The number of hydrogen-bond donors (Lipinski definition) is 2. The zero-order valence-corrected chi connectivity index (χ0v) is 8.15. The first-order valence-electron chi connectivity index (χ1n) is 4.46. The van der Waals surface area contributed by atoms with Gasteiger partial charge >= 0.3 is 0 Å². The van der Waals surface area contributed by atoms with Crippen molar-refractivity contribution in [1.29, 1.82) is 0 Å². The van der Waals surface area contributed by atoms with E-state index in [1.165, 1.54) is 32.1 Å². The lowest BCUT2D eigenvalue weighted by molar-refractivity contribution is 0.516. The number of thioether (sulfide) groups is 1. The molecule has 1 rings (SSSR count). The molecule has 0 aromatic rings. The van der Waals surface area contributed by atoms with E-state index in [1.807, 2.05) is 11.8 Å². The van der Waals surface area contributed by atoms with Crippen molar-refractivity contribution in [3.8, 4) is 0 Å². The van der Waals surface area contributed by atoms with E-state index in [0.29, 0.717) is 5.84 Å². The predicted molar refractivity (Wildman–Crippen MR) is 55.1 cm³/mol. The van der Waals surface area contributed by atoms with Gasteiger partial charge in [-0.1, -0.05) is 19.3 Å². The third kappa shape index (κ3) is 3.34. The first-order valence-corrected chi connectivity index (χ1v) is 5.51. The van der Waals surface area contributed by atoms with Gasteiger partial charge in [0.2, 0.25) is 0 Å². The zero-order valence-electron chi connectivity index (χ0n) is 7.33. The average molecular weight is 187 g/mol. The molecule has 0 spiro atoms. The van der Waals surface area contributed by atoms with Crippen LogP contribution in [0.4, 0.5) is 0 Å². The molecule has 3 nitrogen and oxygen atoms in total. The standard InChI is InChI=1S/C8H17N3S/c9-8(11-10)6-12-7-4-2-1-3-5-7/h7H,1-6,10H2,(H2,9,11). The summed E-state index contributed by atoms with van der Waals surface area (Å²) in [6.45, 7) is 0. The van der Waals surface area contributed by atoms with Crippen LogP contribution < -0.4 is 11.6 Å². The summed E-state index contributed by atoms with van der Waals surface area (Å²) in [5.74, 6) is 6.39. The van der Waals surface area contributed by atoms with Crippen molar-refractivity contribution in [1.82, 2.24) is 0 Å². The molecule has 0 saturated heterocycles. The van der Waals surface area contributed by atoms with Gasteiger partial charge in [-0.3, -0.25) is 0 Å². The molecule has 0 bridgehead atoms. The minimum atomic E-state index is 0.561. The average Bonchev–Trinajstić information content (AvgIpc) is 2.16. The summed E-state index contributed by atoms with van der Waals surface area (Å²) in [4.78, 5) is 0. The Morgan fingerprint density at radius 3 is 2.58 bits per heavy atom. The highest BCUT2D eigenvalue weighted by molar-refractivity contribution is 8.00. The number of amidine groups is 1. The van der Waals surface area contributed by atoms with Crippen molar-refractivity contribution < 1.29 is 0 Å². The Kier molecular flexibility index (Phi) is 4.29. The molecule has 0 radical (unpaired) electrons. The van der Waals surface area contributed by atoms with E-state index in [1.54, 1.807) is 0 Å². The summed E-state index contributed by atoms with van der Waals surface area (Å²) in [5.41, 5.74) is 5.49. The highest BCUT2D eigenvalue weighted by Gasteiger charge is 2.13. The lowest BCUT2D eigenvalue weighted by atomic mass is 10.0. The van der Waals surface area contributed by atoms with Gasteiger partial charge < -0.3 is 11.6 Å². The Bertz CT molecular complexity index is 152. The molecule has 0 aromatic carbocycles. The summed E-state index contributed by atoms with van der Waals surface area (Å²) >= 11 is 1.89. The number of rotatable bonds is 3. The van der Waals surface area contributed by atoms with E-state index in [4.69, 9.17) is 11.6 Å². The van der Waals surface area contributed by atoms with E-state index < -0.39 is 0 Å². The molecule has 0 unspecified atom stereocenters. The van der Waals surface area contributed by atoms with Crippen LogP contribution in [0.2, 0.25) is 0 Å². The van der Waals surface area contributed by atoms with Crippen molar-refractivity contribution in [2.45, 2.75) is 37.4 Å². The van der Waals surface area contributed by atoms with Crippen LogP contribution in [0.1, 0.15) is 32.1 Å². The molecular weight excluding hydrogens is 170 g/mol. The van der Waals surface area contributed by atoms with Crippen LogP contribution in [0.3, 0.4) is 0 Å². The van der Waals surface area contributed by atoms with Crippen LogP contribution in [-0.4, -0.2) is 16.8 Å². The van der Waals surface area contributed by atoms with E-state index in [9.17, 15) is 0 Å². The van der Waals surface area contributed by atoms with Crippen LogP contribution in [0, 0.1) is 0 Å². The first-order chi connectivity index (χ1) is 5.83. The minimum Gasteiger partial charge on any atom is -0.385 e. The van der Waals surface area contributed by atoms with E-state index in [0.717, 1.165) is 11.0 Å². The lowest BCUT2D eigenvalue weighted by Crippen LogP contribution is -2.19. The number of hydrogen-bond acceptors (Lipinski definition) is 3. The number of hydrazone groups is 1. The second-order valence-electron chi connectivity index (χ2n) is 3.19. The summed E-state index contributed by atoms with van der Waals surface area (Å²) in [6, 6.07) is 0. The van der Waals surface area contributed by atoms with Crippen molar-refractivity contribution in [2.75, 3.05) is 5.75 Å². The van der Waals surface area contributed by atoms with Crippen molar-refractivity contribution >= 4 is 17.6 Å². The van der Waals surface area contributed by atoms with Crippen LogP contribution >= 0.6 is 11.8 Å². The fraction of sp³-hybridized carbons (Fsp3) is 0.875. The van der Waals surface area contributed by atoms with Crippen LogP contribution in [0.15, 0.2) is 5.10 Å². The van der Waals surface area contributed by atoms with Gasteiger partial charge in [-0.15, -0.1) is 0 Å². The third-order valence-corrected chi connectivity index (χ3v) is 3.59. The predicted octanol–water partition coefficient (Wildman–Crippen LogP) is 1.28. The maximum absolute atomic E-state index is 5.49. The monoisotopic (exact) mass is 187 g/mol. The Hall–Kier alpha value is -0.380. The third-order valence-electron chi connectivity index (χ3n) is 2.18. The quantitative estimate of drug-likeness (QED) is 0.303. The van der Waals surface area contributed by atoms with Gasteiger partial charge in [-0.2, -0.15) is 16.9 Å². The second-order valence-corrected chi connectivity index (χ2v) is 4.48. The van der Waals surface area contributed by atoms with Gasteiger partial charge in [-0.05, 0) is 12.8 Å². The van der Waals surface area contributed by atoms with Gasteiger partial charge in [0, 0.05) is 5.25 Å². The fourth-order valence-corrected chi connectivity index (χ4v) is 2.62. The molecule has 12 heavy (non-hydrogen) atoms. The molecule has 0 heterocycles. The Morgan fingerprint density at radius 1 is 1.33 bits per heavy atom. The largest absolute Gasteiger partial charge is 0.385 e. The number of nitrogens with zero attached hydrogens (tertiary/aromatic N) is 1. The molecule has 0 aromatic heterocycles. The molecule has 4 N–H and O–H groups in total. The normalized spacial score (nSPS) is 21.2. The maximum atomic E-state index is 5.49. The van der Waals surface area contributed by atoms with E-state index >= 15 is 0 Å². The van der Waals surface area contributed by atoms with Crippen molar-refractivity contribution in [3.63, 3.8) is 0 Å². The summed E-state index contributed by atoms with van der Waals surface area (Å²) in [6.07, 6.45) is 6.82. The van der Waals surface area contributed by atoms with Crippen LogP contribution in [0.5, 0.6) is 0 Å². The first kappa shape index (κ1) is 9.71. The van der Waals surface area contributed by atoms with Crippen molar-refractivity contribution in [2.24, 2.45) is 16.7 Å². The molecule has 1 aliphatic rings. The summed E-state index contributed by atoms with van der Waals surface area (Å²) in [5, 5.41) is 4.24. The highest BCUT2D eigenvalue weighted by Crippen LogP contribution is 2.27. The van der Waals surface area contributed by atoms with Crippen molar-refractivity contribution in [3.05, 3.63) is 0 Å². The van der Waals surface area contributed by atoms with Gasteiger partial charge in [0.25, 0.3) is 0 Å². The van der Waals surface area contributed by atoms with Gasteiger partial charge in [-0.25, -0.2) is 0 Å². The van der Waals surface area contributed by atoms with Crippen LogP contribution in [-0.2, 0) is 0 Å². The van der Waals surface area contributed by atoms with Gasteiger partial charge in [0.1, 0.15) is 5.84 Å². The fourth-order valence-electron chi connectivity index (χ4n) is 1.47. The molecule has 0 aliphatic heterocycles. The zero-order chi connectivity index (χ0) is 8.81. The Labute approximate surface area is 78.0 Å².